The van der Waals surface area contributed by atoms with Crippen LogP contribution in [0.2, 0.25) is 0 Å². The number of nitrogens with zero attached hydrogens (tertiary/aromatic N) is 3. The Morgan fingerprint density at radius 1 is 1.75 bits per heavy atom. The van der Waals surface area contributed by atoms with Crippen LogP contribution >= 0.6 is 11.6 Å². The first-order valence-electron chi connectivity index (χ1n) is 3.52. The van der Waals surface area contributed by atoms with Crippen molar-refractivity contribution in [2.45, 2.75) is 12.8 Å². The zero-order valence-corrected chi connectivity index (χ0v) is 7.41. The van der Waals surface area contributed by atoms with Gasteiger partial charge in [-0.2, -0.15) is 15.5 Å². The molecule has 12 heavy (non-hydrogen) atoms. The van der Waals surface area contributed by atoms with Crippen LogP contribution in [0.5, 0.6) is 0 Å². The second-order valence-corrected chi connectivity index (χ2v) is 2.80. The van der Waals surface area contributed by atoms with Gasteiger partial charge in [-0.25, -0.2) is 0 Å². The molecule has 0 aromatic carbocycles. The fourth-order valence-corrected chi connectivity index (χ4v) is 1.06. The average Bonchev–Trinajstić information content (AvgIpc) is 2.07. The van der Waals surface area contributed by atoms with E-state index in [-0.39, 0.29) is 11.8 Å². The van der Waals surface area contributed by atoms with Crippen molar-refractivity contribution < 1.29 is 0 Å². The maximum absolute atomic E-state index is 8.67. The van der Waals surface area contributed by atoms with Gasteiger partial charge in [-0.15, -0.1) is 11.6 Å². The van der Waals surface area contributed by atoms with Gasteiger partial charge in [0.1, 0.15) is 5.92 Å². The second kappa shape index (κ2) is 4.03. The topological polar surface area (TPSA) is 49.6 Å². The van der Waals surface area contributed by atoms with Gasteiger partial charge < -0.3 is 0 Å². The van der Waals surface area contributed by atoms with Gasteiger partial charge in [0.15, 0.2) is 0 Å². The molecule has 1 rings (SSSR count). The Kier molecular flexibility index (Phi) is 3.01. The monoisotopic (exact) mass is 181 g/mol. The van der Waals surface area contributed by atoms with Gasteiger partial charge in [0, 0.05) is 5.88 Å². The zero-order valence-electron chi connectivity index (χ0n) is 6.66. The summed E-state index contributed by atoms with van der Waals surface area (Å²) in [5.74, 6) is -0.0895. The van der Waals surface area contributed by atoms with Crippen LogP contribution in [-0.4, -0.2) is 16.1 Å². The van der Waals surface area contributed by atoms with E-state index >= 15 is 0 Å². The molecule has 1 aromatic rings. The molecule has 4 heteroatoms. The Balaban J connectivity index is 2.95. The number of hydrogen-bond acceptors (Lipinski definition) is 3. The SMILES string of the molecule is Cc1cnnc(C(C#N)CCl)c1. The van der Waals surface area contributed by atoms with Crippen LogP contribution in [0.4, 0.5) is 0 Å². The van der Waals surface area contributed by atoms with Gasteiger partial charge in [-0.1, -0.05) is 0 Å². The number of rotatable bonds is 2. The molecule has 0 N–H and O–H groups in total. The first-order valence-corrected chi connectivity index (χ1v) is 4.06. The van der Waals surface area contributed by atoms with E-state index in [0.717, 1.165) is 5.56 Å². The Labute approximate surface area is 76.0 Å². The van der Waals surface area contributed by atoms with Crippen LogP contribution in [0, 0.1) is 18.3 Å². The van der Waals surface area contributed by atoms with Crippen LogP contribution in [0.15, 0.2) is 12.3 Å². The highest BCUT2D eigenvalue weighted by atomic mass is 35.5. The van der Waals surface area contributed by atoms with Crippen LogP contribution < -0.4 is 0 Å². The summed E-state index contributed by atoms with van der Waals surface area (Å²) in [7, 11) is 0. The third-order valence-electron chi connectivity index (χ3n) is 1.48. The Bertz CT molecular complexity index is 305. The molecule has 0 fully saturated rings. The molecule has 1 aromatic heterocycles. The van der Waals surface area contributed by atoms with Crippen molar-refractivity contribution in [1.29, 1.82) is 5.26 Å². The quantitative estimate of drug-likeness (QED) is 0.652. The van der Waals surface area contributed by atoms with Crippen molar-refractivity contribution in [3.05, 3.63) is 23.5 Å². The first kappa shape index (κ1) is 8.95. The molecule has 0 aliphatic rings. The van der Waals surface area contributed by atoms with Crippen LogP contribution in [0.25, 0.3) is 0 Å². The van der Waals surface area contributed by atoms with Crippen LogP contribution in [-0.2, 0) is 0 Å². The Morgan fingerprint density at radius 2 is 2.50 bits per heavy atom. The standard InChI is InChI=1S/C8H8ClN3/c1-6-2-8(12-11-5-6)7(3-9)4-10/h2,5,7H,3H2,1H3. The molecule has 0 aliphatic carbocycles. The summed E-state index contributed by atoms with van der Waals surface area (Å²) in [5.41, 5.74) is 1.64. The summed E-state index contributed by atoms with van der Waals surface area (Å²) in [5, 5.41) is 16.2. The van der Waals surface area contributed by atoms with E-state index in [1.807, 2.05) is 13.0 Å². The summed E-state index contributed by atoms with van der Waals surface area (Å²) in [6, 6.07) is 3.88. The van der Waals surface area contributed by atoms with Crippen molar-refractivity contribution in [1.82, 2.24) is 10.2 Å². The summed E-state index contributed by atoms with van der Waals surface area (Å²) >= 11 is 5.56. The number of alkyl halides is 1. The lowest BCUT2D eigenvalue weighted by atomic mass is 10.1. The van der Waals surface area contributed by atoms with E-state index < -0.39 is 0 Å². The Hall–Kier alpha value is -1.14. The zero-order chi connectivity index (χ0) is 8.97. The lowest BCUT2D eigenvalue weighted by Gasteiger charge is -2.02. The highest BCUT2D eigenvalue weighted by Crippen LogP contribution is 2.13. The van der Waals surface area contributed by atoms with Crippen molar-refractivity contribution in [3.8, 4) is 6.07 Å². The van der Waals surface area contributed by atoms with Crippen molar-refractivity contribution in [3.63, 3.8) is 0 Å². The minimum atomic E-state index is -0.348. The maximum Gasteiger partial charge on any atom is 0.104 e. The normalized spacial score (nSPS) is 12.1. The smallest absolute Gasteiger partial charge is 0.104 e. The fourth-order valence-electron chi connectivity index (χ4n) is 0.836. The predicted octanol–water partition coefficient (Wildman–Crippen LogP) is 1.63. The minimum Gasteiger partial charge on any atom is -0.198 e. The van der Waals surface area contributed by atoms with Crippen molar-refractivity contribution >= 4 is 11.6 Å². The molecule has 0 saturated carbocycles. The molecule has 1 unspecified atom stereocenters. The van der Waals surface area contributed by atoms with Gasteiger partial charge >= 0.3 is 0 Å². The van der Waals surface area contributed by atoms with Gasteiger partial charge in [-0.3, -0.25) is 0 Å². The molecule has 0 bridgehead atoms. The van der Waals surface area contributed by atoms with E-state index in [2.05, 4.69) is 16.3 Å². The summed E-state index contributed by atoms with van der Waals surface area (Å²) < 4.78 is 0. The molecule has 0 amide bonds. The van der Waals surface area contributed by atoms with Gasteiger partial charge in [0.05, 0.1) is 18.0 Å². The van der Waals surface area contributed by atoms with Crippen LogP contribution in [0.3, 0.4) is 0 Å². The molecule has 0 spiro atoms. The molecule has 1 atom stereocenters. The highest BCUT2D eigenvalue weighted by molar-refractivity contribution is 6.18. The average molecular weight is 182 g/mol. The van der Waals surface area contributed by atoms with Crippen LogP contribution in [0.1, 0.15) is 17.2 Å². The molecule has 0 radical (unpaired) electrons. The van der Waals surface area contributed by atoms with Gasteiger partial charge in [0.2, 0.25) is 0 Å². The molecule has 62 valence electrons. The summed E-state index contributed by atoms with van der Waals surface area (Å²) in [4.78, 5) is 0. The molecule has 0 saturated heterocycles. The lowest BCUT2D eigenvalue weighted by molar-refractivity contribution is 0.853. The third kappa shape index (κ3) is 1.93. The van der Waals surface area contributed by atoms with Crippen molar-refractivity contribution in [2.75, 3.05) is 5.88 Å². The number of aromatic nitrogens is 2. The fraction of sp³-hybridized carbons (Fsp3) is 0.375. The van der Waals surface area contributed by atoms with Gasteiger partial charge in [0.25, 0.3) is 0 Å². The Morgan fingerprint density at radius 3 is 3.00 bits per heavy atom. The summed E-state index contributed by atoms with van der Waals surface area (Å²) in [6.07, 6.45) is 1.65. The number of halogens is 1. The number of aryl methyl sites for hydroxylation is 1. The van der Waals surface area contributed by atoms with E-state index in [1.165, 1.54) is 0 Å². The lowest BCUT2D eigenvalue weighted by Crippen LogP contribution is -2.02. The molecule has 3 nitrogen and oxygen atoms in total. The second-order valence-electron chi connectivity index (χ2n) is 2.49. The van der Waals surface area contributed by atoms with Gasteiger partial charge in [-0.05, 0) is 18.6 Å². The number of hydrogen-bond donors (Lipinski definition) is 0. The predicted molar refractivity (Wildman–Crippen MR) is 45.8 cm³/mol. The molecular formula is C8H8ClN3. The molecule has 1 heterocycles. The first-order chi connectivity index (χ1) is 5.77. The number of nitriles is 1. The highest BCUT2D eigenvalue weighted by Gasteiger charge is 2.10. The molecule has 0 aliphatic heterocycles. The maximum atomic E-state index is 8.67. The van der Waals surface area contributed by atoms with Crippen molar-refractivity contribution in [2.24, 2.45) is 0 Å². The van der Waals surface area contributed by atoms with E-state index in [4.69, 9.17) is 16.9 Å². The van der Waals surface area contributed by atoms with E-state index in [0.29, 0.717) is 5.69 Å². The van der Waals surface area contributed by atoms with E-state index in [9.17, 15) is 0 Å². The third-order valence-corrected chi connectivity index (χ3v) is 1.79. The minimum absolute atomic E-state index is 0.259. The van der Waals surface area contributed by atoms with E-state index in [1.54, 1.807) is 6.20 Å². The summed E-state index contributed by atoms with van der Waals surface area (Å²) in [6.45, 7) is 1.90. The molecular weight excluding hydrogens is 174 g/mol. The largest absolute Gasteiger partial charge is 0.198 e.